The highest BCUT2D eigenvalue weighted by Gasteiger charge is 2.24. The van der Waals surface area contributed by atoms with Gasteiger partial charge in [0.1, 0.15) is 5.75 Å². The summed E-state index contributed by atoms with van der Waals surface area (Å²) in [5.41, 5.74) is 1.55. The second-order valence-corrected chi connectivity index (χ2v) is 7.13. The number of nitrogens with zero attached hydrogens (tertiary/aromatic N) is 1. The zero-order valence-electron chi connectivity index (χ0n) is 16.5. The highest BCUT2D eigenvalue weighted by atomic mass is 16.5. The molecule has 0 bridgehead atoms. The van der Waals surface area contributed by atoms with E-state index in [1.807, 2.05) is 30.0 Å². The molecule has 2 aromatic rings. The predicted octanol–water partition coefficient (Wildman–Crippen LogP) is 1.70. The van der Waals surface area contributed by atoms with Crippen LogP contribution in [0.1, 0.15) is 34.1 Å². The minimum absolute atomic E-state index is 0.0385. The number of anilines is 1. The van der Waals surface area contributed by atoms with Gasteiger partial charge in [0.25, 0.3) is 11.8 Å². The van der Waals surface area contributed by atoms with Crippen LogP contribution in [0.4, 0.5) is 5.69 Å². The Kier molecular flexibility index (Phi) is 6.66. The lowest BCUT2D eigenvalue weighted by atomic mass is 10.1. The van der Waals surface area contributed by atoms with Crippen molar-refractivity contribution < 1.29 is 19.2 Å². The van der Waals surface area contributed by atoms with Crippen molar-refractivity contribution in [3.63, 3.8) is 0 Å². The molecule has 1 saturated heterocycles. The lowest BCUT2D eigenvalue weighted by Gasteiger charge is -2.30. The van der Waals surface area contributed by atoms with Gasteiger partial charge in [0.15, 0.2) is 0 Å². The van der Waals surface area contributed by atoms with E-state index in [1.165, 1.54) is 4.90 Å². The van der Waals surface area contributed by atoms with Crippen molar-refractivity contribution in [3.05, 3.63) is 59.7 Å². The van der Waals surface area contributed by atoms with Gasteiger partial charge in [0.05, 0.1) is 51.1 Å². The molecule has 2 aromatic carbocycles. The third kappa shape index (κ3) is 4.89. The number of nitrogens with one attached hydrogen (secondary N) is 2. The Morgan fingerprint density at radius 2 is 1.86 bits per heavy atom. The van der Waals surface area contributed by atoms with Gasteiger partial charge in [-0.3, -0.25) is 9.59 Å². The van der Waals surface area contributed by atoms with Crippen molar-refractivity contribution in [1.82, 2.24) is 4.90 Å². The molecule has 1 heterocycles. The standard InChI is InChI=1S/C22H27N3O3/c1-3-15-28-18-8-6-7-17(16-18)21(26)23-20-10-5-4-9-19(20)22(27)25-13-11-24(2)12-14-25/h4-10,16H,3,11-15H2,1-2H3,(H,23,26)/p+1. The van der Waals surface area contributed by atoms with Gasteiger partial charge in [-0.2, -0.15) is 0 Å². The average Bonchev–Trinajstić information content (AvgIpc) is 2.73. The molecule has 0 spiro atoms. The molecule has 2 N–H and O–H groups in total. The largest absolute Gasteiger partial charge is 0.494 e. The Labute approximate surface area is 166 Å². The molecule has 3 rings (SSSR count). The summed E-state index contributed by atoms with van der Waals surface area (Å²) in [6, 6.07) is 14.3. The lowest BCUT2D eigenvalue weighted by Crippen LogP contribution is -3.12. The van der Waals surface area contributed by atoms with Crippen molar-refractivity contribution >= 4 is 17.5 Å². The number of benzene rings is 2. The third-order valence-electron chi connectivity index (χ3n) is 4.88. The first-order valence-corrected chi connectivity index (χ1v) is 9.82. The highest BCUT2D eigenvalue weighted by molar-refractivity contribution is 6.09. The van der Waals surface area contributed by atoms with Crippen LogP contribution in [0.25, 0.3) is 0 Å². The van der Waals surface area contributed by atoms with Gasteiger partial charge in [-0.25, -0.2) is 0 Å². The summed E-state index contributed by atoms with van der Waals surface area (Å²) in [6.07, 6.45) is 0.902. The zero-order chi connectivity index (χ0) is 19.9. The maximum Gasteiger partial charge on any atom is 0.256 e. The fourth-order valence-electron chi connectivity index (χ4n) is 3.18. The molecule has 1 aliphatic heterocycles. The number of para-hydroxylation sites is 1. The molecule has 28 heavy (non-hydrogen) atoms. The average molecular weight is 382 g/mol. The Hall–Kier alpha value is -2.86. The van der Waals surface area contributed by atoms with E-state index in [2.05, 4.69) is 12.4 Å². The van der Waals surface area contributed by atoms with Crippen LogP contribution in [-0.4, -0.2) is 56.5 Å². The van der Waals surface area contributed by atoms with E-state index < -0.39 is 0 Å². The number of quaternary nitrogens is 1. The van der Waals surface area contributed by atoms with Crippen molar-refractivity contribution in [3.8, 4) is 5.75 Å². The Morgan fingerprint density at radius 3 is 2.61 bits per heavy atom. The van der Waals surface area contributed by atoms with Gasteiger partial charge in [-0.1, -0.05) is 25.1 Å². The summed E-state index contributed by atoms with van der Waals surface area (Å²) in [4.78, 5) is 29.0. The van der Waals surface area contributed by atoms with Gasteiger partial charge < -0.3 is 19.9 Å². The molecule has 0 atom stereocenters. The molecule has 1 aliphatic rings. The predicted molar refractivity (Wildman–Crippen MR) is 109 cm³/mol. The molecule has 6 nitrogen and oxygen atoms in total. The Morgan fingerprint density at radius 1 is 1.11 bits per heavy atom. The summed E-state index contributed by atoms with van der Waals surface area (Å²) < 4.78 is 5.60. The van der Waals surface area contributed by atoms with E-state index in [9.17, 15) is 9.59 Å². The molecule has 0 radical (unpaired) electrons. The van der Waals surface area contributed by atoms with Crippen LogP contribution in [0.15, 0.2) is 48.5 Å². The fourth-order valence-corrected chi connectivity index (χ4v) is 3.18. The van der Waals surface area contributed by atoms with Crippen LogP contribution in [0.2, 0.25) is 0 Å². The highest BCUT2D eigenvalue weighted by Crippen LogP contribution is 2.20. The number of rotatable bonds is 6. The molecule has 1 fully saturated rings. The van der Waals surface area contributed by atoms with E-state index in [1.54, 1.807) is 30.3 Å². The topological polar surface area (TPSA) is 63.1 Å². The minimum Gasteiger partial charge on any atom is -0.494 e. The summed E-state index contributed by atoms with van der Waals surface area (Å²) in [5, 5.41) is 2.89. The molecular weight excluding hydrogens is 354 g/mol. The molecule has 0 unspecified atom stereocenters. The monoisotopic (exact) mass is 382 g/mol. The van der Waals surface area contributed by atoms with E-state index >= 15 is 0 Å². The van der Waals surface area contributed by atoms with Crippen molar-refractivity contribution in [2.24, 2.45) is 0 Å². The van der Waals surface area contributed by atoms with Gasteiger partial charge in [0.2, 0.25) is 0 Å². The van der Waals surface area contributed by atoms with Gasteiger partial charge >= 0.3 is 0 Å². The second kappa shape index (κ2) is 9.37. The van der Waals surface area contributed by atoms with E-state index in [0.717, 1.165) is 32.6 Å². The first kappa shape index (κ1) is 19.9. The van der Waals surface area contributed by atoms with Crippen molar-refractivity contribution in [1.29, 1.82) is 0 Å². The smallest absolute Gasteiger partial charge is 0.256 e. The van der Waals surface area contributed by atoms with Crippen molar-refractivity contribution in [2.45, 2.75) is 13.3 Å². The third-order valence-corrected chi connectivity index (χ3v) is 4.88. The second-order valence-electron chi connectivity index (χ2n) is 7.13. The quantitative estimate of drug-likeness (QED) is 0.799. The number of amides is 2. The first-order valence-electron chi connectivity index (χ1n) is 9.82. The summed E-state index contributed by atoms with van der Waals surface area (Å²) in [5.74, 6) is 0.368. The molecule has 0 saturated carbocycles. The minimum atomic E-state index is -0.259. The number of hydrogen-bond donors (Lipinski definition) is 2. The van der Waals surface area contributed by atoms with Gasteiger partial charge in [0, 0.05) is 5.56 Å². The van der Waals surface area contributed by atoms with E-state index in [0.29, 0.717) is 29.2 Å². The molecule has 2 amide bonds. The first-order chi connectivity index (χ1) is 13.6. The SMILES string of the molecule is CCCOc1cccc(C(=O)Nc2ccccc2C(=O)N2CC[NH+](C)CC2)c1. The van der Waals surface area contributed by atoms with Crippen LogP contribution in [-0.2, 0) is 0 Å². The maximum atomic E-state index is 13.0. The van der Waals surface area contributed by atoms with Crippen LogP contribution in [0.3, 0.4) is 0 Å². The maximum absolute atomic E-state index is 13.0. The van der Waals surface area contributed by atoms with Gasteiger partial charge in [-0.15, -0.1) is 0 Å². The van der Waals surface area contributed by atoms with Crippen molar-refractivity contribution in [2.75, 3.05) is 45.2 Å². The molecule has 0 aromatic heterocycles. The zero-order valence-corrected chi connectivity index (χ0v) is 16.5. The Bertz CT molecular complexity index is 829. The summed E-state index contributed by atoms with van der Waals surface area (Å²) >= 11 is 0. The summed E-state index contributed by atoms with van der Waals surface area (Å²) in [6.45, 7) is 5.96. The van der Waals surface area contributed by atoms with Crippen LogP contribution < -0.4 is 15.0 Å². The molecular formula is C22H28N3O3+. The number of carbonyl (C=O) groups excluding carboxylic acids is 2. The number of hydrogen-bond acceptors (Lipinski definition) is 3. The number of piperazine rings is 1. The lowest BCUT2D eigenvalue weighted by molar-refractivity contribution is -0.883. The molecule has 6 heteroatoms. The number of carbonyl (C=O) groups is 2. The number of likely N-dealkylation sites (N-methyl/N-ethyl adjacent to an activating group) is 1. The van der Waals surface area contributed by atoms with Crippen LogP contribution in [0, 0.1) is 0 Å². The number of ether oxygens (including phenoxy) is 1. The van der Waals surface area contributed by atoms with Crippen LogP contribution >= 0.6 is 0 Å². The summed E-state index contributed by atoms with van der Waals surface area (Å²) in [7, 11) is 2.13. The molecule has 0 aliphatic carbocycles. The van der Waals surface area contributed by atoms with E-state index in [-0.39, 0.29) is 11.8 Å². The Balaban J connectivity index is 1.74. The normalized spacial score (nSPS) is 14.6. The molecule has 148 valence electrons. The fraction of sp³-hybridized carbons (Fsp3) is 0.364. The van der Waals surface area contributed by atoms with Crippen LogP contribution in [0.5, 0.6) is 5.75 Å². The van der Waals surface area contributed by atoms with Gasteiger partial charge in [-0.05, 0) is 36.8 Å². The van der Waals surface area contributed by atoms with E-state index in [4.69, 9.17) is 4.74 Å².